The smallest absolute Gasteiger partial charge is 0.333 e. The number of hydrogen-bond donors (Lipinski definition) is 11. The molecule has 3 saturated carbocycles. The fourth-order valence-corrected chi connectivity index (χ4v) is 52.9. The van der Waals surface area contributed by atoms with Gasteiger partial charge in [0.25, 0.3) is 9.24 Å². The summed E-state index contributed by atoms with van der Waals surface area (Å²) in [6.07, 6.45) is 21.0. The van der Waals surface area contributed by atoms with E-state index in [-0.39, 0.29) is 62.5 Å². The average Bonchev–Trinajstić information content (AvgIpc) is 1.64. The normalized spacial score (nSPS) is 17.7. The van der Waals surface area contributed by atoms with E-state index in [2.05, 4.69) is 124 Å². The highest BCUT2D eigenvalue weighted by molar-refractivity contribution is 8.78. The fraction of sp³-hybridized carbons (Fsp3) is 0.356. The van der Waals surface area contributed by atoms with Gasteiger partial charge in [-0.3, -0.25) is 21.8 Å². The van der Waals surface area contributed by atoms with Crippen LogP contribution in [0.3, 0.4) is 0 Å². The maximum Gasteiger partial charge on any atom is 0.333 e. The Morgan fingerprint density at radius 1 is 0.587 bits per heavy atom. The van der Waals surface area contributed by atoms with Crippen LogP contribution in [0.25, 0.3) is 50.4 Å². The molecule has 9 atom stereocenters. The summed E-state index contributed by atoms with van der Waals surface area (Å²) in [5, 5.41) is 96.7. The molecule has 121 heavy (non-hydrogen) atoms. The zero-order chi connectivity index (χ0) is 87.7. The Hall–Kier alpha value is -6.25. The van der Waals surface area contributed by atoms with Gasteiger partial charge < -0.3 is 48.1 Å². The van der Waals surface area contributed by atoms with E-state index < -0.39 is 50.9 Å². The Bertz CT molecular complexity index is 6700. The van der Waals surface area contributed by atoms with Crippen molar-refractivity contribution in [2.24, 2.45) is 28.0 Å². The number of fused-ring (bicyclic) bond motifs is 6. The van der Waals surface area contributed by atoms with E-state index in [1.807, 2.05) is 86.4 Å². The molecule has 62 heteroatoms. The van der Waals surface area contributed by atoms with E-state index in [0.717, 1.165) is 22.8 Å². The van der Waals surface area contributed by atoms with E-state index >= 15 is 0 Å². The second-order valence-corrected chi connectivity index (χ2v) is 57.0. The highest BCUT2D eigenvalue weighted by Gasteiger charge is 2.38. The van der Waals surface area contributed by atoms with Gasteiger partial charge in [-0.1, -0.05) is 51.4 Å². The van der Waals surface area contributed by atoms with Crippen molar-refractivity contribution in [1.82, 2.24) is 109 Å². The molecule has 9 unspecified atom stereocenters. The molecule has 12 heterocycles. The number of alkyl halides is 1. The van der Waals surface area contributed by atoms with Crippen LogP contribution in [-0.2, 0) is 197 Å². The largest absolute Gasteiger partial charge is 0.396 e. The summed E-state index contributed by atoms with van der Waals surface area (Å²) in [7, 11) is 24.5. The number of nitrogens with one attached hydrogen (secondary N) is 2. The van der Waals surface area contributed by atoms with Gasteiger partial charge >= 0.3 is 10.3 Å². The first-order valence-electron chi connectivity index (χ1n) is 33.7. The molecule has 16 N–H and O–H groups in total. The number of pyridine rings is 3. The Kier molecular flexibility index (Phi) is 46.5. The van der Waals surface area contributed by atoms with Gasteiger partial charge in [0.05, 0.1) is 76.2 Å². The summed E-state index contributed by atoms with van der Waals surface area (Å²) in [4.78, 5) is 37.9. The average molecular weight is 2100 g/mol. The van der Waals surface area contributed by atoms with Gasteiger partial charge in [0, 0.05) is 242 Å². The molecular weight excluding hydrogens is 2020 g/mol. The number of aliphatic hydroxyl groups excluding tert-OH is 5. The van der Waals surface area contributed by atoms with Crippen LogP contribution in [0.15, 0.2) is 111 Å². The zero-order valence-corrected chi connectivity index (χ0v) is 80.7. The summed E-state index contributed by atoms with van der Waals surface area (Å²) in [5.74, 6) is 9.56. The third-order valence-electron chi connectivity index (χ3n) is 16.0. The maximum absolute atomic E-state index is 11.0. The quantitative estimate of drug-likeness (QED) is 0.0472. The van der Waals surface area contributed by atoms with E-state index in [4.69, 9.17) is 63.0 Å². The molecule has 12 aromatic heterocycles. The van der Waals surface area contributed by atoms with Crippen molar-refractivity contribution >= 4 is 295 Å². The van der Waals surface area contributed by atoms with Crippen LogP contribution in [0.2, 0.25) is 5.15 Å². The van der Waals surface area contributed by atoms with E-state index in [1.54, 1.807) is 179 Å². The lowest BCUT2D eigenvalue weighted by Gasteiger charge is -2.12. The van der Waals surface area contributed by atoms with E-state index in [1.165, 1.54) is 43.7 Å². The summed E-state index contributed by atoms with van der Waals surface area (Å²) in [6.45, 7) is 2.87. The lowest BCUT2D eigenvalue weighted by molar-refractivity contribution is 0.0901. The predicted octanol–water partition coefficient (Wildman–Crippen LogP) is 3.71. The molecule has 0 spiro atoms. The van der Waals surface area contributed by atoms with E-state index in [9.17, 15) is 41.7 Å². The van der Waals surface area contributed by atoms with Crippen molar-refractivity contribution in [3.05, 3.63) is 116 Å². The number of hydrogen-bond acceptors (Lipinski definition) is 32. The lowest BCUT2D eigenvalue weighted by atomic mass is 10.1. The number of anilines is 5. The van der Waals surface area contributed by atoms with Crippen LogP contribution < -0.4 is 32.8 Å². The van der Waals surface area contributed by atoms with Crippen LogP contribution in [0.1, 0.15) is 73.3 Å². The number of aromatic nitrogens is 21. The van der Waals surface area contributed by atoms with Crippen LogP contribution in [-0.4, -0.2) is 191 Å². The summed E-state index contributed by atoms with van der Waals surface area (Å²) < 4.78 is 71.2. The second kappa shape index (κ2) is 55.3. The third-order valence-corrected chi connectivity index (χ3v) is 52.3. The Morgan fingerprint density at radius 2 is 0.926 bits per heavy atom. The SMILES string of the molecule is C#CC#CC.CC#N.N.NS(=O)(=O)Cl.NS(=O)(=O)OCC1CC(n2nnc3c(Nc4cnc5ccccn45)ncnc32)CC1O.Nc1cnc2ccccn12.OCC1CC(n2nnc3c(Cl)ncnc32)CC1O.OCC1CC(n2nnc3c(Nc4cnc5ccccn45)ncnc32)CC1O.S=S=S=S=S=S=S=S=S=S=S=S=S=S=S=S=S=S=S.[2H]CF.[HH]. The van der Waals surface area contributed by atoms with Crippen molar-refractivity contribution in [2.45, 2.75) is 88.8 Å². The van der Waals surface area contributed by atoms with Crippen LogP contribution in [0, 0.1) is 53.3 Å². The molecule has 15 rings (SSSR count). The molecule has 12 aromatic rings. The van der Waals surface area contributed by atoms with Gasteiger partial charge in [0.15, 0.2) is 50.3 Å². The molecular formula is C59H73Cl2FN28O10S21. The number of nitrogens with two attached hydrogens (primary N) is 3. The molecule has 656 valence electrons. The lowest BCUT2D eigenvalue weighted by Crippen LogP contribution is -2.24. The van der Waals surface area contributed by atoms with E-state index in [0.29, 0.717) is 95.3 Å². The molecule has 0 aliphatic heterocycles. The third kappa shape index (κ3) is 33.2. The van der Waals surface area contributed by atoms with Gasteiger partial charge in [-0.2, -0.15) is 22.1 Å². The van der Waals surface area contributed by atoms with Crippen molar-refractivity contribution < 1.29 is 53.7 Å². The summed E-state index contributed by atoms with van der Waals surface area (Å²) in [6, 6.07) is 18.7. The van der Waals surface area contributed by atoms with Crippen molar-refractivity contribution in [2.75, 3.05) is 43.3 Å². The summed E-state index contributed by atoms with van der Waals surface area (Å²) in [5.41, 5.74) is 11.2. The second-order valence-electron chi connectivity index (χ2n) is 23.1. The topological polar surface area (TPSA) is 561 Å². The number of nitriles is 1. The first-order valence-corrected chi connectivity index (χ1v) is 61.3. The number of rotatable bonds is 12. The Balaban J connectivity index is 0.000000268. The van der Waals surface area contributed by atoms with Crippen molar-refractivity contribution in [3.8, 4) is 30.3 Å². The van der Waals surface area contributed by atoms with Gasteiger partial charge in [-0.25, -0.2) is 69.2 Å². The minimum atomic E-state index is -4.07. The molecule has 0 bridgehead atoms. The maximum atomic E-state index is 11.0. The summed E-state index contributed by atoms with van der Waals surface area (Å²) >= 11 is 15.4. The number of nitrogen functional groups attached to an aromatic ring is 1. The number of nitrogens with zero attached hydrogens (tertiary/aromatic N) is 22. The number of imidazole rings is 3. The number of terminal acetylenes is 1. The zero-order valence-electron chi connectivity index (χ0n) is 63.0. The molecule has 0 saturated heterocycles. The van der Waals surface area contributed by atoms with Gasteiger partial charge in [-0.15, -0.1) is 21.7 Å². The van der Waals surface area contributed by atoms with Gasteiger partial charge in [0.1, 0.15) is 53.4 Å². The first kappa shape index (κ1) is 102. The molecule has 0 amide bonds. The molecule has 38 nitrogen and oxygen atoms in total. The van der Waals surface area contributed by atoms with Crippen LogP contribution in [0.5, 0.6) is 0 Å². The monoisotopic (exact) mass is 2090 g/mol. The number of aliphatic hydroxyl groups is 5. The molecule has 3 fully saturated rings. The molecule has 3 aliphatic carbocycles. The number of halogens is 3. The highest BCUT2D eigenvalue weighted by atomic mass is 35.7. The Morgan fingerprint density at radius 3 is 1.27 bits per heavy atom. The Labute approximate surface area is 760 Å². The highest BCUT2D eigenvalue weighted by Crippen LogP contribution is 2.39. The van der Waals surface area contributed by atoms with Crippen LogP contribution >= 0.6 is 22.3 Å². The minimum absolute atomic E-state index is 0. The van der Waals surface area contributed by atoms with Gasteiger partial charge in [0.2, 0.25) is 0 Å². The minimum Gasteiger partial charge on any atom is -0.396 e. The first-order chi connectivity index (χ1) is 58.4. The van der Waals surface area contributed by atoms with Crippen LogP contribution in [0.4, 0.5) is 33.5 Å². The standard InChI is InChI=1S/C17H19N9O4S.C17H18N8O2.C10H12ClN5O2.C7H7N3.C5H4.C2H3N.CH3F.ClH2NO2S.H3N.S19.H2/c18-31(28,29)30-8-10-5-11(6-12(10)27)26-17-15(23-24-26)16(20-9-21-17)22-14-7-19-13-3-1-2-4-25(13)14;26-8-10-5-11(6-12(10)27)25-17-15(22-23-25)16(19-9-20-17)21-14-7-18-13-3-1-2-4-24(13)14;11-9-8-10(13-4-12-9)16(15-14-8)6-1-5(3-17)7(18)2-6;8-6-5-9-7-3-1-2-4-10(6)7;1-3-5-4-2;1-2-3;1-2;1-5(2,3)4;;1-3-5-7-9-11-13-15-17-19-18-16-14-12-10-8-6-4-2;/h1-4,7,9-12,27H,5-6,8H2,(H2,18,28,29)(H,20,21,22);1-4,7,9-12,26-27H,5-6,8H2,(H,19,20,21);4-7,17-18H,1-3H2;1-5H,8H2;1H,2H3;1H3;1H3;(H2,2,3,4);1H3;;1H/i;;;;;;1D;;;;. The van der Waals surface area contributed by atoms with Gasteiger partial charge in [-0.05, 0) is 93.7 Å². The fourth-order valence-electron chi connectivity index (χ4n) is 11.2. The molecule has 0 radical (unpaired) electrons. The molecule has 0 aromatic carbocycles. The molecule has 3 aliphatic rings. The van der Waals surface area contributed by atoms with Crippen molar-refractivity contribution in [1.29, 1.82) is 5.26 Å². The van der Waals surface area contributed by atoms with Crippen molar-refractivity contribution in [3.63, 3.8) is 0 Å². The predicted molar refractivity (Wildman–Crippen MR) is 514 cm³/mol.